The Balaban J connectivity index is 1.85. The van der Waals surface area contributed by atoms with Gasteiger partial charge in [-0.05, 0) is 55.9 Å². The van der Waals surface area contributed by atoms with Crippen molar-refractivity contribution in [3.05, 3.63) is 59.7 Å². The van der Waals surface area contributed by atoms with E-state index < -0.39 is 53.8 Å². The second kappa shape index (κ2) is 10.6. The maximum Gasteiger partial charge on any atom is 0.407 e. The molecule has 2 aromatic rings. The Morgan fingerprint density at radius 3 is 1.89 bits per heavy atom. The van der Waals surface area contributed by atoms with Crippen LogP contribution in [0.25, 0.3) is 11.1 Å². The van der Waals surface area contributed by atoms with Gasteiger partial charge in [-0.1, -0.05) is 48.5 Å². The summed E-state index contributed by atoms with van der Waals surface area (Å²) in [5.74, 6) is -0.889. The topological polar surface area (TPSA) is 85.2 Å². The molecule has 1 amide bonds. The van der Waals surface area contributed by atoms with Crippen molar-refractivity contribution in [3.63, 3.8) is 0 Å². The number of nitriles is 1. The third-order valence-electron chi connectivity index (χ3n) is 6.50. The van der Waals surface area contributed by atoms with E-state index >= 15 is 0 Å². The number of benzene rings is 2. The predicted molar refractivity (Wildman–Crippen MR) is 129 cm³/mol. The number of carbonyl (C=O) groups is 1. The zero-order chi connectivity index (χ0) is 28.5. The average Bonchev–Trinajstić information content (AvgIpc) is 3.60. The number of halogens is 6. The SMILES string of the molecule is CC(C)(F)C[C@H](N[C@@H](c1ccc(-c2ccc([C@](C)(O)C(F)F)cc2)cc1)C(F)(F)F)C(=O)NC1(C#N)CC1. The van der Waals surface area contributed by atoms with E-state index in [0.29, 0.717) is 24.0 Å². The summed E-state index contributed by atoms with van der Waals surface area (Å²) in [7, 11) is 0. The second-order valence-corrected chi connectivity index (χ2v) is 10.4. The molecular formula is C27H29F6N3O2. The van der Waals surface area contributed by atoms with Gasteiger partial charge in [0.05, 0.1) is 12.1 Å². The van der Waals surface area contributed by atoms with Gasteiger partial charge in [0, 0.05) is 6.42 Å². The summed E-state index contributed by atoms with van der Waals surface area (Å²) < 4.78 is 82.9. The molecule has 38 heavy (non-hydrogen) atoms. The first-order valence-electron chi connectivity index (χ1n) is 11.9. The lowest BCUT2D eigenvalue weighted by molar-refractivity contribution is -0.161. The van der Waals surface area contributed by atoms with Crippen molar-refractivity contribution in [2.45, 2.75) is 81.5 Å². The number of carbonyl (C=O) groups excluding carboxylic acids is 1. The van der Waals surface area contributed by atoms with Crippen LogP contribution in [0.15, 0.2) is 48.5 Å². The fourth-order valence-electron chi connectivity index (χ4n) is 4.00. The van der Waals surface area contributed by atoms with Crippen molar-refractivity contribution < 1.29 is 36.2 Å². The molecule has 0 bridgehead atoms. The molecule has 2 aromatic carbocycles. The Hall–Kier alpha value is -3.10. The van der Waals surface area contributed by atoms with E-state index in [1.54, 1.807) is 0 Å². The van der Waals surface area contributed by atoms with Gasteiger partial charge in [-0.2, -0.15) is 18.4 Å². The summed E-state index contributed by atoms with van der Waals surface area (Å²) in [6.45, 7) is 3.28. The van der Waals surface area contributed by atoms with E-state index in [2.05, 4.69) is 10.6 Å². The molecule has 3 rings (SSSR count). The Morgan fingerprint density at radius 2 is 1.50 bits per heavy atom. The van der Waals surface area contributed by atoms with Crippen molar-refractivity contribution in [3.8, 4) is 17.2 Å². The van der Waals surface area contributed by atoms with Gasteiger partial charge in [0.2, 0.25) is 5.91 Å². The summed E-state index contributed by atoms with van der Waals surface area (Å²) in [4.78, 5) is 12.8. The molecule has 1 fully saturated rings. The van der Waals surface area contributed by atoms with Gasteiger partial charge in [0.25, 0.3) is 6.43 Å². The fraction of sp³-hybridized carbons (Fsp3) is 0.481. The molecular weight excluding hydrogens is 512 g/mol. The molecule has 3 atom stereocenters. The first-order chi connectivity index (χ1) is 17.5. The molecule has 206 valence electrons. The van der Waals surface area contributed by atoms with Crippen LogP contribution in [0.2, 0.25) is 0 Å². The zero-order valence-corrected chi connectivity index (χ0v) is 21.0. The van der Waals surface area contributed by atoms with Gasteiger partial charge in [0.15, 0.2) is 0 Å². The minimum atomic E-state index is -4.84. The summed E-state index contributed by atoms with van der Waals surface area (Å²) in [5, 5.41) is 23.8. The second-order valence-electron chi connectivity index (χ2n) is 10.4. The van der Waals surface area contributed by atoms with Crippen LogP contribution in [0.4, 0.5) is 26.3 Å². The van der Waals surface area contributed by atoms with Crippen LogP contribution in [0.3, 0.4) is 0 Å². The van der Waals surface area contributed by atoms with E-state index in [4.69, 9.17) is 0 Å². The molecule has 0 saturated heterocycles. The largest absolute Gasteiger partial charge is 0.407 e. The number of rotatable bonds is 10. The molecule has 0 aliphatic heterocycles. The maximum absolute atomic E-state index is 14.4. The third-order valence-corrected chi connectivity index (χ3v) is 6.50. The van der Waals surface area contributed by atoms with Crippen LogP contribution in [-0.2, 0) is 10.4 Å². The third kappa shape index (κ3) is 7.05. The highest BCUT2D eigenvalue weighted by molar-refractivity contribution is 5.83. The zero-order valence-electron chi connectivity index (χ0n) is 21.0. The first kappa shape index (κ1) is 29.5. The number of alkyl halides is 6. The number of nitrogens with one attached hydrogen (secondary N) is 2. The Labute approximate surface area is 216 Å². The normalized spacial score (nSPS) is 18.3. The van der Waals surface area contributed by atoms with E-state index in [1.165, 1.54) is 48.5 Å². The van der Waals surface area contributed by atoms with Gasteiger partial charge >= 0.3 is 6.18 Å². The minimum absolute atomic E-state index is 0.0151. The van der Waals surface area contributed by atoms with Crippen LogP contribution in [0.5, 0.6) is 0 Å². The van der Waals surface area contributed by atoms with Crippen molar-refractivity contribution in [1.82, 2.24) is 10.6 Å². The summed E-state index contributed by atoms with van der Waals surface area (Å²) in [6, 6.07) is 8.82. The lowest BCUT2D eigenvalue weighted by atomic mass is 9.93. The van der Waals surface area contributed by atoms with Crippen molar-refractivity contribution >= 4 is 5.91 Å². The number of nitrogens with zero attached hydrogens (tertiary/aromatic N) is 1. The molecule has 0 aromatic heterocycles. The molecule has 5 nitrogen and oxygen atoms in total. The molecule has 1 saturated carbocycles. The average molecular weight is 542 g/mol. The molecule has 11 heteroatoms. The molecule has 0 spiro atoms. The van der Waals surface area contributed by atoms with Crippen LogP contribution in [-0.4, -0.2) is 40.9 Å². The highest BCUT2D eigenvalue weighted by atomic mass is 19.4. The molecule has 0 radical (unpaired) electrons. The highest BCUT2D eigenvalue weighted by Gasteiger charge is 2.48. The van der Waals surface area contributed by atoms with Crippen molar-refractivity contribution in [2.75, 3.05) is 0 Å². The first-order valence-corrected chi connectivity index (χ1v) is 11.9. The lowest BCUT2D eigenvalue weighted by Gasteiger charge is -2.30. The molecule has 1 aliphatic carbocycles. The van der Waals surface area contributed by atoms with Crippen LogP contribution in [0, 0.1) is 11.3 Å². The van der Waals surface area contributed by atoms with Crippen molar-refractivity contribution in [1.29, 1.82) is 5.26 Å². The molecule has 0 heterocycles. The Kier molecular flexibility index (Phi) is 8.20. The van der Waals surface area contributed by atoms with Gasteiger partial charge in [-0.15, -0.1) is 0 Å². The maximum atomic E-state index is 14.4. The molecule has 0 unspecified atom stereocenters. The van der Waals surface area contributed by atoms with Crippen LogP contribution in [0.1, 0.15) is 57.2 Å². The predicted octanol–water partition coefficient (Wildman–Crippen LogP) is 5.70. The van der Waals surface area contributed by atoms with E-state index in [1.807, 2.05) is 6.07 Å². The summed E-state index contributed by atoms with van der Waals surface area (Å²) >= 11 is 0. The van der Waals surface area contributed by atoms with Gasteiger partial charge < -0.3 is 10.4 Å². The number of hydrogen-bond donors (Lipinski definition) is 3. The minimum Gasteiger partial charge on any atom is -0.379 e. The van der Waals surface area contributed by atoms with Gasteiger partial charge in [-0.25, -0.2) is 13.2 Å². The fourth-order valence-corrected chi connectivity index (χ4v) is 4.00. The Morgan fingerprint density at radius 1 is 1.00 bits per heavy atom. The number of aliphatic hydroxyl groups is 1. The number of hydrogen-bond acceptors (Lipinski definition) is 4. The quantitative estimate of drug-likeness (QED) is 0.337. The Bertz CT molecular complexity index is 1160. The van der Waals surface area contributed by atoms with Gasteiger partial charge in [-0.3, -0.25) is 10.1 Å². The lowest BCUT2D eigenvalue weighted by Crippen LogP contribution is -2.53. The van der Waals surface area contributed by atoms with Crippen LogP contribution >= 0.6 is 0 Å². The summed E-state index contributed by atoms with van der Waals surface area (Å²) in [5.41, 5.74) is -4.69. The van der Waals surface area contributed by atoms with E-state index in [0.717, 1.165) is 20.8 Å². The summed E-state index contributed by atoms with van der Waals surface area (Å²) in [6.07, 6.45) is -7.67. The van der Waals surface area contributed by atoms with Crippen molar-refractivity contribution in [2.24, 2.45) is 0 Å². The van der Waals surface area contributed by atoms with E-state index in [9.17, 15) is 41.5 Å². The van der Waals surface area contributed by atoms with E-state index in [-0.39, 0.29) is 11.1 Å². The smallest absolute Gasteiger partial charge is 0.379 e. The highest BCUT2D eigenvalue weighted by Crippen LogP contribution is 2.37. The number of amides is 1. The standard InChI is InChI=1S/C27H29F6N3O2/c1-24(2,30)14-20(22(37)36-26(15-34)12-13-26)35-21(27(31,32)33)18-6-4-16(5-7-18)17-8-10-19(11-9-17)25(3,38)23(28)29/h4-11,20-21,23,35,38H,12-14H2,1-3H3,(H,36,37)/t20-,21-,25-/m0/s1. The van der Waals surface area contributed by atoms with Crippen LogP contribution < -0.4 is 10.6 Å². The molecule has 1 aliphatic rings. The molecule has 3 N–H and O–H groups in total. The monoisotopic (exact) mass is 541 g/mol. The van der Waals surface area contributed by atoms with Gasteiger partial charge in [0.1, 0.15) is 22.9 Å².